The molecule has 0 aromatic carbocycles. The van der Waals surface area contributed by atoms with Gasteiger partial charge in [-0.05, 0) is 19.8 Å². The van der Waals surface area contributed by atoms with Crippen LogP contribution in [0.25, 0.3) is 0 Å². The van der Waals surface area contributed by atoms with Gasteiger partial charge in [0.25, 0.3) is 0 Å². The summed E-state index contributed by atoms with van der Waals surface area (Å²) >= 11 is 0.888. The Balaban J connectivity index is 2.29. The molecule has 0 amide bonds. The van der Waals surface area contributed by atoms with Gasteiger partial charge >= 0.3 is 11.3 Å². The van der Waals surface area contributed by atoms with E-state index in [9.17, 15) is 9.59 Å². The zero-order valence-corrected chi connectivity index (χ0v) is 10.5. The summed E-state index contributed by atoms with van der Waals surface area (Å²) in [5.41, 5.74) is -0.470. The van der Waals surface area contributed by atoms with Crippen molar-refractivity contribution in [3.05, 3.63) is 0 Å². The Morgan fingerprint density at radius 1 is 1.25 bits per heavy atom. The lowest BCUT2D eigenvalue weighted by atomic mass is 9.89. The Kier molecular flexibility index (Phi) is 5.66. The van der Waals surface area contributed by atoms with Crippen molar-refractivity contribution in [3.63, 3.8) is 0 Å². The van der Waals surface area contributed by atoms with E-state index in [1.54, 1.807) is 6.92 Å². The van der Waals surface area contributed by atoms with Crippen molar-refractivity contribution in [1.29, 1.82) is 0 Å². The van der Waals surface area contributed by atoms with Crippen LogP contribution >= 0.6 is 11.8 Å². The molecule has 0 spiro atoms. The van der Waals surface area contributed by atoms with Gasteiger partial charge in [0.1, 0.15) is 0 Å². The van der Waals surface area contributed by atoms with Crippen LogP contribution in [0.2, 0.25) is 0 Å². The number of thioether (sulfide) groups is 1. The van der Waals surface area contributed by atoms with E-state index in [0.29, 0.717) is 0 Å². The minimum absolute atomic E-state index is 0.0226. The minimum atomic E-state index is -0.470. The van der Waals surface area contributed by atoms with Crippen LogP contribution in [0.4, 0.5) is 4.79 Å². The molecule has 0 saturated heterocycles. The summed E-state index contributed by atoms with van der Waals surface area (Å²) < 4.78 is 9.67. The maximum Gasteiger partial charge on any atom is 0.370 e. The van der Waals surface area contributed by atoms with Gasteiger partial charge in [0.15, 0.2) is 5.44 Å². The number of carbonyl (C=O) groups excluding carboxylic acids is 2. The van der Waals surface area contributed by atoms with Gasteiger partial charge in [-0.25, -0.2) is 4.79 Å². The summed E-state index contributed by atoms with van der Waals surface area (Å²) in [6, 6.07) is 0. The Morgan fingerprint density at radius 3 is 2.44 bits per heavy atom. The van der Waals surface area contributed by atoms with Gasteiger partial charge in [0.05, 0.1) is 13.0 Å². The third-order valence-corrected chi connectivity index (χ3v) is 3.44. The topological polar surface area (TPSA) is 52.6 Å². The molecule has 0 N–H and O–H groups in total. The lowest BCUT2D eigenvalue weighted by molar-refractivity contribution is -0.150. The zero-order valence-electron chi connectivity index (χ0n) is 9.73. The molecule has 5 heteroatoms. The van der Waals surface area contributed by atoms with Crippen molar-refractivity contribution >= 4 is 23.0 Å². The third-order valence-electron chi connectivity index (χ3n) is 2.65. The van der Waals surface area contributed by atoms with Gasteiger partial charge in [-0.15, -0.1) is 0 Å². The second kappa shape index (κ2) is 6.78. The molecule has 16 heavy (non-hydrogen) atoms. The number of esters is 1. The second-order valence-electron chi connectivity index (χ2n) is 3.91. The Hall–Kier alpha value is -0.710. The summed E-state index contributed by atoms with van der Waals surface area (Å²) in [5, 5.41) is -0.427. The van der Waals surface area contributed by atoms with E-state index in [-0.39, 0.29) is 11.9 Å². The highest BCUT2D eigenvalue weighted by molar-refractivity contribution is 8.13. The molecule has 0 bridgehead atoms. The standard InChI is InChI=1S/C11H18O4S/c1-8(16-11(13)14-2)15-10(12)9-6-4-3-5-7-9/h8-9H,3-7H2,1-2H3. The molecular formula is C11H18O4S. The average molecular weight is 246 g/mol. The molecule has 1 saturated carbocycles. The van der Waals surface area contributed by atoms with Crippen LogP contribution in [-0.2, 0) is 14.3 Å². The highest BCUT2D eigenvalue weighted by Crippen LogP contribution is 2.26. The Bertz CT molecular complexity index is 248. The Morgan fingerprint density at radius 2 is 1.88 bits per heavy atom. The van der Waals surface area contributed by atoms with Crippen molar-refractivity contribution in [2.24, 2.45) is 5.92 Å². The van der Waals surface area contributed by atoms with E-state index >= 15 is 0 Å². The third kappa shape index (κ3) is 4.43. The smallest absolute Gasteiger partial charge is 0.370 e. The lowest BCUT2D eigenvalue weighted by Crippen LogP contribution is -2.23. The first-order valence-corrected chi connectivity index (χ1v) is 6.46. The van der Waals surface area contributed by atoms with E-state index in [1.807, 2.05) is 0 Å². The van der Waals surface area contributed by atoms with E-state index in [4.69, 9.17) is 4.74 Å². The SMILES string of the molecule is COC(=O)SC(C)OC(=O)C1CCCCC1. The fourth-order valence-electron chi connectivity index (χ4n) is 1.81. The van der Waals surface area contributed by atoms with Crippen LogP contribution in [0.1, 0.15) is 39.0 Å². The normalized spacial score (nSPS) is 18.9. The number of rotatable bonds is 3. The molecule has 1 fully saturated rings. The molecule has 1 aliphatic carbocycles. The number of hydrogen-bond donors (Lipinski definition) is 0. The van der Waals surface area contributed by atoms with Crippen LogP contribution < -0.4 is 0 Å². The molecule has 0 heterocycles. The van der Waals surface area contributed by atoms with E-state index in [0.717, 1.165) is 37.4 Å². The summed E-state index contributed by atoms with van der Waals surface area (Å²) in [6.45, 7) is 1.68. The summed E-state index contributed by atoms with van der Waals surface area (Å²) in [5.74, 6) is -0.155. The van der Waals surface area contributed by atoms with Gasteiger partial charge in [-0.1, -0.05) is 19.3 Å². The lowest BCUT2D eigenvalue weighted by Gasteiger charge is -2.21. The van der Waals surface area contributed by atoms with E-state index < -0.39 is 10.7 Å². The fourth-order valence-corrected chi connectivity index (χ4v) is 2.32. The molecule has 1 unspecified atom stereocenters. The maximum absolute atomic E-state index is 11.7. The molecule has 0 aromatic rings. The van der Waals surface area contributed by atoms with Crippen molar-refractivity contribution in [2.75, 3.05) is 7.11 Å². The van der Waals surface area contributed by atoms with E-state index in [1.165, 1.54) is 13.5 Å². The number of carbonyl (C=O) groups is 2. The number of ether oxygens (including phenoxy) is 2. The molecule has 1 atom stereocenters. The van der Waals surface area contributed by atoms with Crippen LogP contribution in [0, 0.1) is 5.92 Å². The first-order valence-electron chi connectivity index (χ1n) is 5.58. The van der Waals surface area contributed by atoms with Crippen LogP contribution in [0.3, 0.4) is 0 Å². The van der Waals surface area contributed by atoms with E-state index in [2.05, 4.69) is 4.74 Å². The Labute approximate surface area is 100 Å². The van der Waals surface area contributed by atoms with Crippen molar-refractivity contribution in [3.8, 4) is 0 Å². The maximum atomic E-state index is 11.7. The number of hydrogen-bond acceptors (Lipinski definition) is 5. The molecular weight excluding hydrogens is 228 g/mol. The molecule has 0 aromatic heterocycles. The van der Waals surface area contributed by atoms with Crippen molar-refractivity contribution < 1.29 is 19.1 Å². The number of methoxy groups -OCH3 is 1. The molecule has 1 aliphatic rings. The van der Waals surface area contributed by atoms with Gasteiger partial charge < -0.3 is 9.47 Å². The van der Waals surface area contributed by atoms with Crippen LogP contribution in [0.15, 0.2) is 0 Å². The highest BCUT2D eigenvalue weighted by atomic mass is 32.2. The molecule has 4 nitrogen and oxygen atoms in total. The summed E-state index contributed by atoms with van der Waals surface area (Å²) in [6.07, 6.45) is 5.22. The molecule has 0 aliphatic heterocycles. The highest BCUT2D eigenvalue weighted by Gasteiger charge is 2.25. The first-order chi connectivity index (χ1) is 7.63. The van der Waals surface area contributed by atoms with Crippen molar-refractivity contribution in [1.82, 2.24) is 0 Å². The molecule has 0 radical (unpaired) electrons. The first kappa shape index (κ1) is 13.4. The van der Waals surface area contributed by atoms with Gasteiger partial charge in [0.2, 0.25) is 0 Å². The minimum Gasteiger partial charge on any atom is -0.461 e. The second-order valence-corrected chi connectivity index (χ2v) is 5.14. The quantitative estimate of drug-likeness (QED) is 0.566. The van der Waals surface area contributed by atoms with Gasteiger partial charge in [-0.2, -0.15) is 0 Å². The predicted molar refractivity (Wildman–Crippen MR) is 62.1 cm³/mol. The largest absolute Gasteiger partial charge is 0.461 e. The van der Waals surface area contributed by atoms with Gasteiger partial charge in [-0.3, -0.25) is 4.79 Å². The summed E-state index contributed by atoms with van der Waals surface area (Å²) in [7, 11) is 1.31. The van der Waals surface area contributed by atoms with Gasteiger partial charge in [0, 0.05) is 11.8 Å². The molecule has 1 rings (SSSR count). The predicted octanol–water partition coefficient (Wildman–Crippen LogP) is 2.96. The average Bonchev–Trinajstić information content (AvgIpc) is 2.29. The molecule has 92 valence electrons. The fraction of sp³-hybridized carbons (Fsp3) is 0.818. The summed E-state index contributed by atoms with van der Waals surface area (Å²) in [4.78, 5) is 22.6. The monoisotopic (exact) mass is 246 g/mol. The van der Waals surface area contributed by atoms with Crippen molar-refractivity contribution in [2.45, 2.75) is 44.5 Å². The van der Waals surface area contributed by atoms with Crippen LogP contribution in [0.5, 0.6) is 0 Å². The van der Waals surface area contributed by atoms with Crippen LogP contribution in [-0.4, -0.2) is 23.8 Å². The zero-order chi connectivity index (χ0) is 12.0.